The number of nitrogens with zero attached hydrogens (tertiary/aromatic N) is 2. The van der Waals surface area contributed by atoms with Crippen LogP contribution in [0.2, 0.25) is 5.15 Å². The van der Waals surface area contributed by atoms with Gasteiger partial charge in [-0.1, -0.05) is 23.7 Å². The summed E-state index contributed by atoms with van der Waals surface area (Å²) in [4.78, 5) is 7.89. The molecule has 5 heteroatoms. The van der Waals surface area contributed by atoms with Crippen molar-refractivity contribution in [3.63, 3.8) is 0 Å². The Kier molecular flexibility index (Phi) is 3.64. The van der Waals surface area contributed by atoms with Gasteiger partial charge in [0.2, 0.25) is 5.88 Å². The van der Waals surface area contributed by atoms with Crippen LogP contribution in [0.25, 0.3) is 0 Å². The molecule has 1 heterocycles. The third-order valence-corrected chi connectivity index (χ3v) is 3.71. The monoisotopic (exact) mass is 312 g/mol. The molecule has 2 rings (SSSR count). The molecule has 0 saturated carbocycles. The molecule has 3 nitrogen and oxygen atoms in total. The fraction of sp³-hybridized carbons (Fsp3) is 0.167. The van der Waals surface area contributed by atoms with E-state index in [0.29, 0.717) is 15.5 Å². The topological polar surface area (TPSA) is 35.0 Å². The first kappa shape index (κ1) is 12.3. The maximum absolute atomic E-state index is 5.87. The molecule has 88 valence electrons. The highest BCUT2D eigenvalue weighted by Gasteiger charge is 2.10. The number of hydrogen-bond donors (Lipinski definition) is 0. The fourth-order valence-electron chi connectivity index (χ4n) is 1.34. The van der Waals surface area contributed by atoms with E-state index in [1.54, 1.807) is 0 Å². The molecule has 0 amide bonds. The molecule has 2 aromatic rings. The van der Waals surface area contributed by atoms with E-state index in [2.05, 4.69) is 25.9 Å². The Morgan fingerprint density at radius 1 is 1.24 bits per heavy atom. The number of rotatable bonds is 2. The maximum atomic E-state index is 5.87. The largest absolute Gasteiger partial charge is 0.437 e. The summed E-state index contributed by atoms with van der Waals surface area (Å²) in [6.07, 6.45) is 1.37. The van der Waals surface area contributed by atoms with Gasteiger partial charge in [0.05, 0.1) is 0 Å². The second kappa shape index (κ2) is 5.02. The Labute approximate surface area is 113 Å². The van der Waals surface area contributed by atoms with Crippen molar-refractivity contribution in [2.45, 2.75) is 13.8 Å². The molecule has 17 heavy (non-hydrogen) atoms. The molecule has 1 aromatic carbocycles. The fourth-order valence-corrected chi connectivity index (χ4v) is 1.75. The maximum Gasteiger partial charge on any atom is 0.238 e. The van der Waals surface area contributed by atoms with Gasteiger partial charge in [0.15, 0.2) is 5.15 Å². The Balaban J connectivity index is 2.38. The smallest absolute Gasteiger partial charge is 0.238 e. The Hall–Kier alpha value is -1.13. The highest BCUT2D eigenvalue weighted by molar-refractivity contribution is 9.10. The van der Waals surface area contributed by atoms with Crippen LogP contribution in [0.1, 0.15) is 11.1 Å². The van der Waals surface area contributed by atoms with Gasteiger partial charge < -0.3 is 4.74 Å². The van der Waals surface area contributed by atoms with E-state index in [1.165, 1.54) is 11.9 Å². The highest BCUT2D eigenvalue weighted by atomic mass is 79.9. The first-order valence-electron chi connectivity index (χ1n) is 4.99. The van der Waals surface area contributed by atoms with Crippen LogP contribution in [-0.4, -0.2) is 9.97 Å². The predicted octanol–water partition coefficient (Wildman–Crippen LogP) is 4.30. The number of ether oxygens (including phenoxy) is 1. The van der Waals surface area contributed by atoms with E-state index < -0.39 is 0 Å². The average Bonchev–Trinajstić information content (AvgIpc) is 2.31. The van der Waals surface area contributed by atoms with Gasteiger partial charge in [-0.2, -0.15) is 0 Å². The zero-order valence-electron chi connectivity index (χ0n) is 9.37. The molecule has 0 atom stereocenters. The van der Waals surface area contributed by atoms with Crippen molar-refractivity contribution in [1.29, 1.82) is 0 Å². The van der Waals surface area contributed by atoms with Gasteiger partial charge in [0.1, 0.15) is 16.5 Å². The molecule has 0 aliphatic carbocycles. The van der Waals surface area contributed by atoms with Crippen molar-refractivity contribution < 1.29 is 4.74 Å². The van der Waals surface area contributed by atoms with E-state index in [9.17, 15) is 0 Å². The van der Waals surface area contributed by atoms with E-state index in [1.807, 2.05) is 32.0 Å². The molecule has 0 N–H and O–H groups in total. The molecule has 0 aliphatic heterocycles. The molecular formula is C12H10BrClN2O. The Morgan fingerprint density at radius 3 is 2.76 bits per heavy atom. The van der Waals surface area contributed by atoms with Gasteiger partial charge in [-0.3, -0.25) is 0 Å². The summed E-state index contributed by atoms with van der Waals surface area (Å²) in [7, 11) is 0. The second-order valence-corrected chi connectivity index (χ2v) is 4.73. The van der Waals surface area contributed by atoms with Crippen molar-refractivity contribution >= 4 is 27.5 Å². The van der Waals surface area contributed by atoms with Crippen LogP contribution in [-0.2, 0) is 0 Å². The van der Waals surface area contributed by atoms with Crippen LogP contribution in [0.15, 0.2) is 29.0 Å². The minimum Gasteiger partial charge on any atom is -0.437 e. The summed E-state index contributed by atoms with van der Waals surface area (Å²) in [5.74, 6) is 1.18. The third-order valence-electron chi connectivity index (χ3n) is 2.48. The number of hydrogen-bond acceptors (Lipinski definition) is 3. The van der Waals surface area contributed by atoms with Crippen LogP contribution in [0.4, 0.5) is 0 Å². The molecule has 1 aromatic heterocycles. The van der Waals surface area contributed by atoms with Crippen LogP contribution in [0, 0.1) is 13.8 Å². The Morgan fingerprint density at radius 2 is 2.00 bits per heavy atom. The summed E-state index contributed by atoms with van der Waals surface area (Å²) < 4.78 is 6.28. The molecule has 0 saturated heterocycles. The number of halogens is 2. The zero-order chi connectivity index (χ0) is 12.4. The van der Waals surface area contributed by atoms with E-state index >= 15 is 0 Å². The van der Waals surface area contributed by atoms with Crippen LogP contribution in [0.5, 0.6) is 11.6 Å². The molecular weight excluding hydrogens is 304 g/mol. The minimum atomic E-state index is 0.334. The first-order valence-corrected chi connectivity index (χ1v) is 6.16. The summed E-state index contributed by atoms with van der Waals surface area (Å²) in [6, 6.07) is 5.86. The second-order valence-electron chi connectivity index (χ2n) is 3.58. The molecule has 0 bridgehead atoms. The quantitative estimate of drug-likeness (QED) is 0.775. The molecule has 0 fully saturated rings. The lowest BCUT2D eigenvalue weighted by atomic mass is 10.1. The summed E-state index contributed by atoms with van der Waals surface area (Å²) in [5.41, 5.74) is 2.24. The predicted molar refractivity (Wildman–Crippen MR) is 70.7 cm³/mol. The van der Waals surface area contributed by atoms with Gasteiger partial charge in [-0.05, 0) is 47.0 Å². The average molecular weight is 314 g/mol. The lowest BCUT2D eigenvalue weighted by Crippen LogP contribution is -1.94. The number of aromatic nitrogens is 2. The lowest BCUT2D eigenvalue weighted by Gasteiger charge is -2.10. The van der Waals surface area contributed by atoms with Crippen molar-refractivity contribution in [3.05, 3.63) is 45.3 Å². The van der Waals surface area contributed by atoms with Crippen LogP contribution < -0.4 is 4.74 Å². The summed E-state index contributed by atoms with van der Waals surface area (Å²) in [5, 5.41) is 0.334. The highest BCUT2D eigenvalue weighted by Crippen LogP contribution is 2.33. The normalized spacial score (nSPS) is 10.4. The Bertz CT molecular complexity index is 511. The van der Waals surface area contributed by atoms with Crippen LogP contribution in [0.3, 0.4) is 0 Å². The first-order chi connectivity index (χ1) is 8.09. The van der Waals surface area contributed by atoms with Crippen molar-refractivity contribution in [2.75, 3.05) is 0 Å². The van der Waals surface area contributed by atoms with Gasteiger partial charge in [-0.15, -0.1) is 0 Å². The summed E-state index contributed by atoms with van der Waals surface area (Å²) >= 11 is 9.17. The van der Waals surface area contributed by atoms with E-state index in [0.717, 1.165) is 11.3 Å². The van der Waals surface area contributed by atoms with Gasteiger partial charge in [-0.25, -0.2) is 9.97 Å². The zero-order valence-corrected chi connectivity index (χ0v) is 11.7. The molecule has 0 unspecified atom stereocenters. The van der Waals surface area contributed by atoms with Crippen molar-refractivity contribution in [1.82, 2.24) is 9.97 Å². The van der Waals surface area contributed by atoms with Gasteiger partial charge in [0, 0.05) is 0 Å². The van der Waals surface area contributed by atoms with Crippen molar-refractivity contribution in [2.24, 2.45) is 0 Å². The SMILES string of the molecule is Cc1cccc(Oc2ncnc(Cl)c2Br)c1C. The molecule has 0 aliphatic rings. The van der Waals surface area contributed by atoms with Crippen molar-refractivity contribution in [3.8, 4) is 11.6 Å². The van der Waals surface area contributed by atoms with E-state index in [4.69, 9.17) is 16.3 Å². The van der Waals surface area contributed by atoms with Gasteiger partial charge in [0.25, 0.3) is 0 Å². The third kappa shape index (κ3) is 2.58. The van der Waals surface area contributed by atoms with Crippen LogP contribution >= 0.6 is 27.5 Å². The minimum absolute atomic E-state index is 0.334. The molecule has 0 radical (unpaired) electrons. The van der Waals surface area contributed by atoms with E-state index in [-0.39, 0.29) is 0 Å². The molecule has 0 spiro atoms. The standard InChI is InChI=1S/C12H10BrClN2O/c1-7-4-3-5-9(8(7)2)17-12-10(13)11(14)15-6-16-12/h3-6H,1-2H3. The summed E-state index contributed by atoms with van der Waals surface area (Å²) in [6.45, 7) is 4.03. The van der Waals surface area contributed by atoms with Gasteiger partial charge >= 0.3 is 0 Å². The number of benzene rings is 1. The lowest BCUT2D eigenvalue weighted by molar-refractivity contribution is 0.454. The number of aryl methyl sites for hydroxylation is 1.